The summed E-state index contributed by atoms with van der Waals surface area (Å²) in [4.78, 5) is 0. The Morgan fingerprint density at radius 2 is 2.64 bits per heavy atom. The Morgan fingerprint density at radius 3 is 2.73 bits per heavy atom. The molecule has 0 aromatic heterocycles. The zero-order chi connectivity index (χ0) is 10.9. The van der Waals surface area contributed by atoms with E-state index in [1.807, 2.05) is 0 Å². The molecule has 2 nitrogen and oxygen atoms in total. The minimum Gasteiger partial charge on any atom is -0.396 e. The van der Waals surface area contributed by atoms with E-state index in [1.165, 1.54) is 0 Å². The van der Waals surface area contributed by atoms with Crippen molar-refractivity contribution in [2.24, 2.45) is 0 Å². The second-order valence-corrected chi connectivity index (χ2v) is 3.24. The lowest BCUT2D eigenvalue weighted by atomic mass is 10.2. The monoisotopic (exact) mass is 243 g/mol. The summed E-state index contributed by atoms with van der Waals surface area (Å²) in [5.41, 5.74) is 0. The molecule has 0 aromatic carbocycles. The summed E-state index contributed by atoms with van der Waals surface area (Å²) in [7, 11) is 0. The highest BCUT2D eigenvalue weighted by atomic mass is 79.9. The van der Waals surface area contributed by atoms with Gasteiger partial charge in [-0.25, -0.2) is 12.5 Å². The first-order valence-electron chi connectivity index (χ1n) is 4.11. The average Bonchev–Trinajstić information content (AvgIpc) is 1.98. The second-order valence-electron chi connectivity index (χ2n) is 1.71. The Hall–Kier alpha value is 0.555. The van der Waals surface area contributed by atoms with Gasteiger partial charge in [-0.15, -0.1) is 0 Å². The first-order chi connectivity index (χ1) is 5.95. The van der Waals surface area contributed by atoms with Gasteiger partial charge in [0.1, 0.15) is 0 Å². The van der Waals surface area contributed by atoms with Gasteiger partial charge in [0.05, 0.1) is 6.10 Å². The fourth-order valence-corrected chi connectivity index (χ4v) is 0.503. The third kappa shape index (κ3) is 13.5. The van der Waals surface area contributed by atoms with E-state index in [4.69, 9.17) is 7.87 Å². The Morgan fingerprint density at radius 1 is 2.18 bits per heavy atom. The van der Waals surface area contributed by atoms with E-state index in [-0.39, 0.29) is 13.1 Å². The SMILES string of the molecule is [2H]B(C)S.[3H]OC(CCO)C(=C)Br. The van der Waals surface area contributed by atoms with Crippen LogP contribution in [0.3, 0.4) is 0 Å². The van der Waals surface area contributed by atoms with E-state index in [0.717, 1.165) is 0 Å². The maximum atomic E-state index is 8.39. The summed E-state index contributed by atoms with van der Waals surface area (Å²) in [6, 6.07) is 0. The van der Waals surface area contributed by atoms with Gasteiger partial charge in [0, 0.05) is 17.5 Å². The summed E-state index contributed by atoms with van der Waals surface area (Å²) in [5, 5.41) is 12.6. The number of aliphatic hydroxyl groups excluding tert-OH is 2. The largest absolute Gasteiger partial charge is 0.396 e. The van der Waals surface area contributed by atoms with E-state index in [0.29, 0.717) is 10.9 Å². The smallest absolute Gasteiger partial charge is 0.211 e. The summed E-state index contributed by atoms with van der Waals surface area (Å²) in [5.74, 6) is 0. The molecule has 0 saturated heterocycles. The van der Waals surface area contributed by atoms with Gasteiger partial charge in [-0.2, -0.15) is 0 Å². The second kappa shape index (κ2) is 10.6. The molecule has 0 heterocycles. The van der Waals surface area contributed by atoms with Gasteiger partial charge in [-0.3, -0.25) is 0 Å². The van der Waals surface area contributed by atoms with Crippen molar-refractivity contribution in [2.75, 3.05) is 6.61 Å². The van der Waals surface area contributed by atoms with Gasteiger partial charge >= 0.3 is 0 Å². The van der Waals surface area contributed by atoms with Crippen LogP contribution in [0.15, 0.2) is 11.1 Å². The summed E-state index contributed by atoms with van der Waals surface area (Å²) < 4.78 is 13.5. The molecule has 0 bridgehead atoms. The van der Waals surface area contributed by atoms with Crippen molar-refractivity contribution in [3.8, 4) is 0 Å². The van der Waals surface area contributed by atoms with Crippen molar-refractivity contribution in [3.05, 3.63) is 11.1 Å². The predicted octanol–water partition coefficient (Wildman–Crippen LogP) is 0.954. The zero-order valence-electron chi connectivity index (χ0n) is 8.46. The summed E-state index contributed by atoms with van der Waals surface area (Å²) >= 11 is 6.68. The van der Waals surface area contributed by atoms with Crippen molar-refractivity contribution >= 4 is 34.9 Å². The maximum Gasteiger partial charge on any atom is 0.211 e. The van der Waals surface area contributed by atoms with Crippen LogP contribution in [0.4, 0.5) is 0 Å². The average molecular weight is 244 g/mol. The van der Waals surface area contributed by atoms with Crippen molar-refractivity contribution < 1.29 is 10.2 Å². The molecule has 11 heavy (non-hydrogen) atoms. The number of halogens is 1. The van der Waals surface area contributed by atoms with Crippen molar-refractivity contribution in [2.45, 2.75) is 19.3 Å². The highest BCUT2D eigenvalue weighted by molar-refractivity contribution is 9.11. The zero-order valence-corrected chi connectivity index (χ0v) is 8.94. The van der Waals surface area contributed by atoms with Crippen molar-refractivity contribution in [1.29, 1.82) is 2.77 Å². The van der Waals surface area contributed by atoms with Crippen molar-refractivity contribution in [3.63, 3.8) is 0 Å². The molecule has 2 N–H and O–H groups in total. The van der Waals surface area contributed by atoms with Gasteiger partial charge < -0.3 is 10.2 Å². The highest BCUT2D eigenvalue weighted by Gasteiger charge is 2.02. The molecule has 0 aromatic rings. The fourth-order valence-electron chi connectivity index (χ4n) is 0.274. The molecule has 0 spiro atoms. The Balaban J connectivity index is 0. The van der Waals surface area contributed by atoms with Crippen molar-refractivity contribution in [1.82, 2.24) is 0 Å². The van der Waals surface area contributed by atoms with E-state index in [2.05, 4.69) is 40.1 Å². The third-order valence-electron chi connectivity index (χ3n) is 0.741. The van der Waals surface area contributed by atoms with E-state index in [1.54, 1.807) is 6.82 Å². The molecule has 0 radical (unpaired) electrons. The molecule has 0 aliphatic carbocycles. The standard InChI is InChI=1S/C5H9BrO2.CH5BS/c1-4(6)5(8)2-3-7;1-2-3/h5,7-8H,1-3H2;2-3H,1H3/i8T;2D. The number of aliphatic hydroxyl groups is 2. The third-order valence-corrected chi connectivity index (χ3v) is 1.25. The van der Waals surface area contributed by atoms with E-state index < -0.39 is 6.10 Å². The normalized spacial score (nSPS) is 13.5. The van der Waals surface area contributed by atoms with Crippen LogP contribution in [0.2, 0.25) is 6.82 Å². The Labute approximate surface area is 85.2 Å². The van der Waals surface area contributed by atoms with Gasteiger partial charge in [0.25, 0.3) is 0 Å². The van der Waals surface area contributed by atoms with Crippen LogP contribution >= 0.6 is 28.4 Å². The van der Waals surface area contributed by atoms with Crippen LogP contribution in [0.1, 0.15) is 6.42 Å². The van der Waals surface area contributed by atoms with Crippen LogP contribution in [-0.2, 0) is 0 Å². The van der Waals surface area contributed by atoms with Gasteiger partial charge in [-0.05, 0) is 1.34 Å². The predicted molar refractivity (Wildman–Crippen MR) is 57.8 cm³/mol. The number of hydrogen-bond donors (Lipinski definition) is 3. The molecule has 66 valence electrons. The molecule has 0 rings (SSSR count). The number of rotatable bonds is 4. The minimum atomic E-state index is -0.394. The lowest BCUT2D eigenvalue weighted by Gasteiger charge is -2.03. The Kier molecular flexibility index (Phi) is 9.25. The summed E-state index contributed by atoms with van der Waals surface area (Å²) in [6.45, 7) is 4.99. The maximum absolute atomic E-state index is 8.39. The Bertz CT molecular complexity index is 137. The van der Waals surface area contributed by atoms with Crippen LogP contribution in [0.25, 0.3) is 0 Å². The number of hydrogen-bond acceptors (Lipinski definition) is 3. The molecule has 0 fully saturated rings. The lowest BCUT2D eigenvalue weighted by Crippen LogP contribution is -2.07. The highest BCUT2D eigenvalue weighted by Crippen LogP contribution is 2.09. The number of thiol groups is 1. The van der Waals surface area contributed by atoms with Gasteiger partial charge in [0.15, 0.2) is 6.52 Å². The molecular formula is C6H14BBrO2S. The minimum absolute atomic E-state index is 0.00810. The van der Waals surface area contributed by atoms with Crippen LogP contribution in [0, 0.1) is 0 Å². The quantitative estimate of drug-likeness (QED) is 0.509. The van der Waals surface area contributed by atoms with E-state index in [9.17, 15) is 0 Å². The first kappa shape index (κ1) is 9.64. The molecule has 0 saturated carbocycles. The first-order valence-corrected chi connectivity index (χ1v) is 4.44. The lowest BCUT2D eigenvalue weighted by molar-refractivity contribution is 0.168. The molecule has 5 heteroatoms. The van der Waals surface area contributed by atoms with Crippen LogP contribution in [0.5, 0.6) is 0 Å². The summed E-state index contributed by atoms with van der Waals surface area (Å²) in [6.07, 6.45) is 0.0168. The fraction of sp³-hybridized carbons (Fsp3) is 0.667. The van der Waals surface area contributed by atoms with Gasteiger partial charge in [-0.1, -0.05) is 29.3 Å². The molecular weight excluding hydrogens is 227 g/mol. The molecule has 0 aliphatic rings. The molecule has 0 aliphatic heterocycles. The molecule has 1 atom stereocenters. The topological polar surface area (TPSA) is 40.5 Å². The molecule has 1 unspecified atom stereocenters. The van der Waals surface area contributed by atoms with Crippen LogP contribution < -0.4 is 0 Å². The van der Waals surface area contributed by atoms with Gasteiger partial charge in [0.2, 0.25) is 1.43 Å². The van der Waals surface area contributed by atoms with E-state index >= 15 is 0 Å². The molecule has 0 amide bonds. The van der Waals surface area contributed by atoms with Crippen LogP contribution in [-0.4, -0.2) is 32.2 Å².